The minimum Gasteiger partial charge on any atom is -0.134 e. The van der Waals surface area contributed by atoms with E-state index in [0.29, 0.717) is 0 Å². The van der Waals surface area contributed by atoms with Gasteiger partial charge in [0.15, 0.2) is 0 Å². The predicted octanol–water partition coefficient (Wildman–Crippen LogP) is 5.06. The standard InChI is InChI=1S/C15H25P/c1-13(2)7-5-8-14(3)9-6-10-15(4)11-12-16/h6-7,9-11H,5,8,12,16H2,1-4H3/b10-6+,14-9+,15-11-. The summed E-state index contributed by atoms with van der Waals surface area (Å²) in [5.74, 6) is 0. The van der Waals surface area contributed by atoms with E-state index >= 15 is 0 Å². The summed E-state index contributed by atoms with van der Waals surface area (Å²) in [6.45, 7) is 8.62. The molecule has 1 atom stereocenters. The van der Waals surface area contributed by atoms with Crippen molar-refractivity contribution >= 4 is 9.24 Å². The molecule has 0 bridgehead atoms. The van der Waals surface area contributed by atoms with Crippen LogP contribution in [0.3, 0.4) is 0 Å². The molecule has 0 aliphatic heterocycles. The topological polar surface area (TPSA) is 0 Å². The highest BCUT2D eigenvalue weighted by Crippen LogP contribution is 2.07. The maximum atomic E-state index is 2.71. The second kappa shape index (κ2) is 9.60. The number of allylic oxidation sites excluding steroid dienone is 8. The van der Waals surface area contributed by atoms with Crippen molar-refractivity contribution in [3.8, 4) is 0 Å². The molecule has 0 spiro atoms. The maximum Gasteiger partial charge on any atom is -0.0194 e. The van der Waals surface area contributed by atoms with Crippen LogP contribution in [0.1, 0.15) is 40.5 Å². The molecule has 0 amide bonds. The van der Waals surface area contributed by atoms with Crippen LogP contribution in [-0.2, 0) is 0 Å². The van der Waals surface area contributed by atoms with Crippen molar-refractivity contribution in [2.75, 3.05) is 6.16 Å². The van der Waals surface area contributed by atoms with Gasteiger partial charge in [0, 0.05) is 0 Å². The summed E-state index contributed by atoms with van der Waals surface area (Å²) >= 11 is 0. The van der Waals surface area contributed by atoms with E-state index in [0.717, 1.165) is 19.0 Å². The highest BCUT2D eigenvalue weighted by Gasteiger charge is 1.86. The number of hydrogen-bond donors (Lipinski definition) is 0. The van der Waals surface area contributed by atoms with Gasteiger partial charge in [-0.15, -0.1) is 9.24 Å². The third-order valence-corrected chi connectivity index (χ3v) is 2.51. The second-order valence-corrected chi connectivity index (χ2v) is 4.85. The SMILES string of the molecule is CC(C)=CCC/C(C)=C/C=C/C(C)=C\CP. The van der Waals surface area contributed by atoms with E-state index in [2.05, 4.69) is 67.3 Å². The van der Waals surface area contributed by atoms with Crippen LogP contribution in [0.15, 0.2) is 47.1 Å². The fraction of sp³-hybridized carbons (Fsp3) is 0.467. The molecule has 0 heterocycles. The average Bonchev–Trinajstić information content (AvgIpc) is 2.17. The van der Waals surface area contributed by atoms with E-state index in [1.54, 1.807) is 0 Å². The Hall–Kier alpha value is -0.610. The van der Waals surface area contributed by atoms with Gasteiger partial charge in [-0.25, -0.2) is 0 Å². The smallest absolute Gasteiger partial charge is 0.0194 e. The van der Waals surface area contributed by atoms with Crippen molar-refractivity contribution in [2.45, 2.75) is 40.5 Å². The summed E-state index contributed by atoms with van der Waals surface area (Å²) in [4.78, 5) is 0. The van der Waals surface area contributed by atoms with Gasteiger partial charge in [-0.3, -0.25) is 0 Å². The van der Waals surface area contributed by atoms with Crippen LogP contribution in [-0.4, -0.2) is 6.16 Å². The first-order valence-electron chi connectivity index (χ1n) is 5.90. The van der Waals surface area contributed by atoms with Crippen LogP contribution < -0.4 is 0 Å². The van der Waals surface area contributed by atoms with Crippen LogP contribution in [0.4, 0.5) is 0 Å². The van der Waals surface area contributed by atoms with Gasteiger partial charge >= 0.3 is 0 Å². The second-order valence-electron chi connectivity index (χ2n) is 4.38. The van der Waals surface area contributed by atoms with Crippen molar-refractivity contribution in [2.24, 2.45) is 0 Å². The molecular weight excluding hydrogens is 211 g/mol. The zero-order chi connectivity index (χ0) is 12.4. The Morgan fingerprint density at radius 3 is 2.31 bits per heavy atom. The molecule has 90 valence electrons. The summed E-state index contributed by atoms with van der Waals surface area (Å²) in [6.07, 6.45) is 14.3. The first-order valence-corrected chi connectivity index (χ1v) is 6.72. The fourth-order valence-electron chi connectivity index (χ4n) is 1.29. The fourth-order valence-corrected chi connectivity index (χ4v) is 1.66. The molecule has 0 fully saturated rings. The Bertz CT molecular complexity index is 299. The van der Waals surface area contributed by atoms with Gasteiger partial charge in [0.1, 0.15) is 0 Å². The van der Waals surface area contributed by atoms with Gasteiger partial charge in [-0.1, -0.05) is 47.1 Å². The molecule has 0 aliphatic rings. The molecule has 1 heteroatoms. The monoisotopic (exact) mass is 236 g/mol. The molecule has 0 rings (SSSR count). The lowest BCUT2D eigenvalue weighted by molar-refractivity contribution is 0.967. The van der Waals surface area contributed by atoms with Crippen molar-refractivity contribution < 1.29 is 0 Å². The minimum atomic E-state index is 1.03. The normalized spacial score (nSPS) is 13.3. The lowest BCUT2D eigenvalue weighted by Gasteiger charge is -1.96. The first-order chi connectivity index (χ1) is 7.56. The molecule has 0 saturated carbocycles. The lowest BCUT2D eigenvalue weighted by Crippen LogP contribution is -1.76. The van der Waals surface area contributed by atoms with E-state index in [1.807, 2.05) is 0 Å². The zero-order valence-corrected chi connectivity index (χ0v) is 12.2. The van der Waals surface area contributed by atoms with E-state index in [-0.39, 0.29) is 0 Å². The van der Waals surface area contributed by atoms with Gasteiger partial charge in [0.05, 0.1) is 0 Å². The van der Waals surface area contributed by atoms with Gasteiger partial charge in [0.2, 0.25) is 0 Å². The zero-order valence-electron chi connectivity index (χ0n) is 11.1. The van der Waals surface area contributed by atoms with Gasteiger partial charge < -0.3 is 0 Å². The molecule has 0 N–H and O–H groups in total. The summed E-state index contributed by atoms with van der Waals surface area (Å²) in [6, 6.07) is 0. The largest absolute Gasteiger partial charge is 0.134 e. The van der Waals surface area contributed by atoms with Crippen LogP contribution in [0.25, 0.3) is 0 Å². The predicted molar refractivity (Wildman–Crippen MR) is 79.9 cm³/mol. The van der Waals surface area contributed by atoms with Crippen LogP contribution >= 0.6 is 9.24 Å². The summed E-state index contributed by atoms with van der Waals surface area (Å²) in [5, 5.41) is 0. The molecule has 0 aliphatic carbocycles. The van der Waals surface area contributed by atoms with Crippen LogP contribution in [0, 0.1) is 0 Å². The van der Waals surface area contributed by atoms with E-state index < -0.39 is 0 Å². The van der Waals surface area contributed by atoms with E-state index in [9.17, 15) is 0 Å². The third kappa shape index (κ3) is 9.93. The van der Waals surface area contributed by atoms with Crippen molar-refractivity contribution in [1.29, 1.82) is 0 Å². The minimum absolute atomic E-state index is 1.03. The number of rotatable bonds is 6. The highest BCUT2D eigenvalue weighted by molar-refractivity contribution is 7.16. The third-order valence-electron chi connectivity index (χ3n) is 2.27. The quantitative estimate of drug-likeness (QED) is 0.343. The Morgan fingerprint density at radius 1 is 1.06 bits per heavy atom. The van der Waals surface area contributed by atoms with Gasteiger partial charge in [-0.2, -0.15) is 0 Å². The Morgan fingerprint density at radius 2 is 1.75 bits per heavy atom. The molecular formula is C15H25P. The first kappa shape index (κ1) is 15.4. The molecule has 0 aromatic heterocycles. The van der Waals surface area contributed by atoms with Crippen LogP contribution in [0.5, 0.6) is 0 Å². The number of hydrogen-bond acceptors (Lipinski definition) is 0. The molecule has 0 nitrogen and oxygen atoms in total. The Balaban J connectivity index is 4.04. The molecule has 1 unspecified atom stereocenters. The summed E-state index contributed by atoms with van der Waals surface area (Å²) in [7, 11) is 2.71. The van der Waals surface area contributed by atoms with Gasteiger partial charge in [0.25, 0.3) is 0 Å². The molecule has 0 aromatic rings. The molecule has 0 saturated heterocycles. The molecule has 0 aromatic carbocycles. The maximum absolute atomic E-state index is 2.71. The summed E-state index contributed by atoms with van der Waals surface area (Å²) < 4.78 is 0. The Labute approximate surface area is 103 Å². The average molecular weight is 236 g/mol. The molecule has 16 heavy (non-hydrogen) atoms. The van der Waals surface area contributed by atoms with Gasteiger partial charge in [-0.05, 0) is 46.7 Å². The Kier molecular flexibility index (Phi) is 9.24. The van der Waals surface area contributed by atoms with E-state index in [1.165, 1.54) is 16.7 Å². The van der Waals surface area contributed by atoms with Crippen molar-refractivity contribution in [1.82, 2.24) is 0 Å². The highest BCUT2D eigenvalue weighted by atomic mass is 31.0. The van der Waals surface area contributed by atoms with E-state index in [4.69, 9.17) is 0 Å². The van der Waals surface area contributed by atoms with Crippen molar-refractivity contribution in [3.63, 3.8) is 0 Å². The molecule has 0 radical (unpaired) electrons. The lowest BCUT2D eigenvalue weighted by atomic mass is 10.1. The van der Waals surface area contributed by atoms with Crippen molar-refractivity contribution in [3.05, 3.63) is 47.1 Å². The van der Waals surface area contributed by atoms with Crippen LogP contribution in [0.2, 0.25) is 0 Å². The summed E-state index contributed by atoms with van der Waals surface area (Å²) in [5.41, 5.74) is 4.17.